The molecule has 0 radical (unpaired) electrons. The lowest BCUT2D eigenvalue weighted by molar-refractivity contribution is -0.137. The second-order valence-electron chi connectivity index (χ2n) is 8.68. The quantitative estimate of drug-likeness (QED) is 0.446. The number of H-pyrrole nitrogens is 1. The smallest absolute Gasteiger partial charge is 0.340 e. The maximum Gasteiger partial charge on any atom is 0.417 e. The summed E-state index contributed by atoms with van der Waals surface area (Å²) in [5, 5.41) is 4.32. The number of anilines is 1. The number of pyridine rings is 1. The third-order valence-corrected chi connectivity index (χ3v) is 6.27. The van der Waals surface area contributed by atoms with Crippen molar-refractivity contribution in [2.24, 2.45) is 0 Å². The molecule has 182 valence electrons. The fourth-order valence-corrected chi connectivity index (χ4v) is 4.42. The molecule has 3 aromatic heterocycles. The number of hydrogen-bond acceptors (Lipinski definition) is 6. The zero-order valence-corrected chi connectivity index (χ0v) is 18.8. The van der Waals surface area contributed by atoms with E-state index in [1.165, 1.54) is 29.1 Å². The Labute approximate surface area is 196 Å². The highest BCUT2D eigenvalue weighted by Crippen LogP contribution is 2.33. The first-order valence-electron chi connectivity index (χ1n) is 10.8. The first-order chi connectivity index (χ1) is 16.6. The Balaban J connectivity index is 1.51. The van der Waals surface area contributed by atoms with Crippen molar-refractivity contribution in [1.29, 1.82) is 0 Å². The molecule has 35 heavy (non-hydrogen) atoms. The number of alkyl halides is 3. The molecule has 1 aliphatic rings. The van der Waals surface area contributed by atoms with Gasteiger partial charge in [-0.1, -0.05) is 12.1 Å². The lowest BCUT2D eigenvalue weighted by Gasteiger charge is -2.25. The maximum atomic E-state index is 13.5. The van der Waals surface area contributed by atoms with Crippen molar-refractivity contribution < 1.29 is 17.6 Å². The minimum Gasteiger partial charge on any atom is -0.340 e. The molecule has 1 N–H and O–H groups in total. The molecule has 0 amide bonds. The van der Waals surface area contributed by atoms with Crippen molar-refractivity contribution in [3.05, 3.63) is 76.1 Å². The van der Waals surface area contributed by atoms with Crippen molar-refractivity contribution in [2.45, 2.75) is 18.1 Å². The molecule has 1 aliphatic heterocycles. The summed E-state index contributed by atoms with van der Waals surface area (Å²) < 4.78 is 53.4. The van der Waals surface area contributed by atoms with Crippen molar-refractivity contribution in [3.63, 3.8) is 0 Å². The first-order valence-corrected chi connectivity index (χ1v) is 10.8. The zero-order chi connectivity index (χ0) is 24.9. The van der Waals surface area contributed by atoms with Gasteiger partial charge in [0.25, 0.3) is 5.56 Å². The van der Waals surface area contributed by atoms with Gasteiger partial charge in [-0.05, 0) is 43.9 Å². The summed E-state index contributed by atoms with van der Waals surface area (Å²) in [6, 6.07) is 8.51. The predicted octanol–water partition coefficient (Wildman–Crippen LogP) is 3.20. The number of benzene rings is 1. The second-order valence-corrected chi connectivity index (χ2v) is 8.68. The van der Waals surface area contributed by atoms with Crippen LogP contribution in [0.1, 0.15) is 17.0 Å². The van der Waals surface area contributed by atoms with Gasteiger partial charge in [-0.3, -0.25) is 9.78 Å². The Kier molecular flexibility index (Phi) is 5.55. The number of aromatic nitrogens is 5. The minimum absolute atomic E-state index is 0.0353. The van der Waals surface area contributed by atoms with Gasteiger partial charge in [0.05, 0.1) is 11.8 Å². The third-order valence-electron chi connectivity index (χ3n) is 6.27. The van der Waals surface area contributed by atoms with Crippen LogP contribution < -0.4 is 10.5 Å². The normalized spacial score (nSPS) is 18.7. The summed E-state index contributed by atoms with van der Waals surface area (Å²) in [7, 11) is 3.91. The van der Waals surface area contributed by atoms with E-state index in [1.807, 2.05) is 19.0 Å². The molecule has 1 saturated heterocycles. The number of nitrogens with one attached hydrogen (secondary N) is 1. The number of rotatable bonds is 4. The van der Waals surface area contributed by atoms with Crippen LogP contribution in [-0.2, 0) is 6.18 Å². The average Bonchev–Trinajstić information content (AvgIpc) is 3.44. The van der Waals surface area contributed by atoms with Gasteiger partial charge in [-0.2, -0.15) is 27.9 Å². The van der Waals surface area contributed by atoms with Crippen molar-refractivity contribution >= 4 is 17.0 Å². The van der Waals surface area contributed by atoms with Gasteiger partial charge >= 0.3 is 6.18 Å². The van der Waals surface area contributed by atoms with Gasteiger partial charge in [-0.25, -0.2) is 9.37 Å². The van der Waals surface area contributed by atoms with Crippen molar-refractivity contribution in [1.82, 2.24) is 29.6 Å². The Morgan fingerprint density at radius 2 is 1.80 bits per heavy atom. The molecule has 4 aromatic rings. The van der Waals surface area contributed by atoms with Gasteiger partial charge in [0.1, 0.15) is 11.2 Å². The fourth-order valence-electron chi connectivity index (χ4n) is 4.42. The number of likely N-dealkylation sites (N-methyl/N-ethyl adjacent to an activating group) is 1. The molecule has 0 saturated carbocycles. The second kappa shape index (κ2) is 8.45. The molecule has 0 bridgehead atoms. The molecule has 1 fully saturated rings. The van der Waals surface area contributed by atoms with Gasteiger partial charge in [0.15, 0.2) is 11.5 Å². The SMILES string of the molecule is CN(C)[C@@H]1CN(c2nc3c(cnn3-c3ccc(C(F)(F)F)cn3)c(=O)[nH]2)C[C@@H]1c1ccc(F)cc1. The number of nitrogens with zero attached hydrogens (tertiary/aromatic N) is 6. The van der Waals surface area contributed by atoms with Crippen LogP contribution in [0.5, 0.6) is 0 Å². The number of halogens is 4. The fraction of sp³-hybridized carbons (Fsp3) is 0.304. The van der Waals surface area contributed by atoms with E-state index in [2.05, 4.69) is 25.0 Å². The van der Waals surface area contributed by atoms with Crippen LogP contribution >= 0.6 is 0 Å². The summed E-state index contributed by atoms with van der Waals surface area (Å²) in [6.45, 7) is 1.08. The van der Waals surface area contributed by atoms with Crippen molar-refractivity contribution in [2.75, 3.05) is 32.1 Å². The van der Waals surface area contributed by atoms with E-state index in [9.17, 15) is 22.4 Å². The van der Waals surface area contributed by atoms with Gasteiger partial charge < -0.3 is 9.80 Å². The Morgan fingerprint density at radius 3 is 2.43 bits per heavy atom. The van der Waals surface area contributed by atoms with Crippen molar-refractivity contribution in [3.8, 4) is 5.82 Å². The summed E-state index contributed by atoms with van der Waals surface area (Å²) in [6.07, 6.45) is -2.50. The lowest BCUT2D eigenvalue weighted by Crippen LogP contribution is -2.35. The minimum atomic E-state index is -4.51. The van der Waals surface area contributed by atoms with Gasteiger partial charge in [0.2, 0.25) is 5.95 Å². The van der Waals surface area contributed by atoms with Gasteiger partial charge in [-0.15, -0.1) is 0 Å². The number of hydrogen-bond donors (Lipinski definition) is 1. The molecule has 8 nitrogen and oxygen atoms in total. The molecule has 0 unspecified atom stereocenters. The van der Waals surface area contributed by atoms with Crippen LogP contribution in [0, 0.1) is 5.82 Å². The molecule has 4 heterocycles. The Hall–Kier alpha value is -3.80. The van der Waals surface area contributed by atoms with Crippen LogP contribution in [-0.4, -0.2) is 62.9 Å². The average molecular weight is 487 g/mol. The largest absolute Gasteiger partial charge is 0.417 e. The van der Waals surface area contributed by atoms with Crippen LogP contribution in [0.25, 0.3) is 16.9 Å². The summed E-state index contributed by atoms with van der Waals surface area (Å²) in [4.78, 5) is 28.0. The van der Waals surface area contributed by atoms with Gasteiger partial charge in [0, 0.05) is 31.2 Å². The Morgan fingerprint density at radius 1 is 1.06 bits per heavy atom. The maximum absolute atomic E-state index is 13.5. The van der Waals surface area contributed by atoms with E-state index >= 15 is 0 Å². The van der Waals surface area contributed by atoms with Crippen LogP contribution in [0.15, 0.2) is 53.6 Å². The molecule has 5 rings (SSSR count). The van der Waals surface area contributed by atoms with E-state index in [1.54, 1.807) is 12.1 Å². The number of fused-ring (bicyclic) bond motifs is 1. The number of aromatic amines is 1. The molecule has 0 aliphatic carbocycles. The highest BCUT2D eigenvalue weighted by atomic mass is 19.4. The molecule has 1 aromatic carbocycles. The predicted molar refractivity (Wildman–Crippen MR) is 121 cm³/mol. The molecule has 2 atom stereocenters. The summed E-state index contributed by atoms with van der Waals surface area (Å²) in [5.41, 5.74) is -0.157. The van der Waals surface area contributed by atoms with E-state index in [-0.39, 0.29) is 34.6 Å². The van der Waals surface area contributed by atoms with Crippen LogP contribution in [0.4, 0.5) is 23.5 Å². The summed E-state index contributed by atoms with van der Waals surface area (Å²) >= 11 is 0. The zero-order valence-electron chi connectivity index (χ0n) is 18.8. The molecule has 12 heteroatoms. The van der Waals surface area contributed by atoms with E-state index in [4.69, 9.17) is 0 Å². The monoisotopic (exact) mass is 487 g/mol. The Bertz CT molecular complexity index is 1410. The lowest BCUT2D eigenvalue weighted by atomic mass is 9.94. The summed E-state index contributed by atoms with van der Waals surface area (Å²) in [5.74, 6) is 0.140. The van der Waals surface area contributed by atoms with E-state index < -0.39 is 17.3 Å². The van der Waals surface area contributed by atoms with E-state index in [0.29, 0.717) is 25.2 Å². The molecule has 0 spiro atoms. The van der Waals surface area contributed by atoms with Crippen LogP contribution in [0.3, 0.4) is 0 Å². The van der Waals surface area contributed by atoms with E-state index in [0.717, 1.165) is 11.6 Å². The highest BCUT2D eigenvalue weighted by Gasteiger charge is 2.36. The molecular weight excluding hydrogens is 466 g/mol. The standard InChI is InChI=1S/C23H21F4N7O/c1-32(2)18-12-33(11-17(18)13-3-6-15(24)7-4-13)22-30-20-16(21(35)31-22)10-29-34(20)19-8-5-14(9-28-19)23(25,26)27/h3-10,17-18H,11-12H2,1-2H3,(H,30,31,35)/t17-,18-/m1/s1. The molecular formula is C23H21F4N7O. The highest BCUT2D eigenvalue weighted by molar-refractivity contribution is 5.76. The first kappa shape index (κ1) is 23.0. The topological polar surface area (TPSA) is 82.9 Å². The van der Waals surface area contributed by atoms with Crippen LogP contribution in [0.2, 0.25) is 0 Å². The third kappa shape index (κ3) is 4.25.